The number of aryl methyl sites for hydroxylation is 2. The second-order valence-electron chi connectivity index (χ2n) is 6.60. The lowest BCUT2D eigenvalue weighted by Crippen LogP contribution is -2.23. The SMILES string of the molecule is Cc1nc(N2CCCC2)nc(C)c1NC(=O)c1nccc2ccccc12. The predicted molar refractivity (Wildman–Crippen MR) is 103 cm³/mol. The van der Waals surface area contributed by atoms with Crippen LogP contribution in [-0.2, 0) is 0 Å². The molecule has 1 aliphatic rings. The Kier molecular flexibility index (Phi) is 4.24. The van der Waals surface area contributed by atoms with Gasteiger partial charge >= 0.3 is 0 Å². The average molecular weight is 347 g/mol. The molecule has 0 unspecified atom stereocenters. The number of anilines is 2. The van der Waals surface area contributed by atoms with Crippen molar-refractivity contribution in [2.45, 2.75) is 26.7 Å². The van der Waals surface area contributed by atoms with Crippen molar-refractivity contribution in [1.82, 2.24) is 15.0 Å². The third kappa shape index (κ3) is 2.98. The third-order valence-corrected chi connectivity index (χ3v) is 4.78. The van der Waals surface area contributed by atoms with Gasteiger partial charge in [0.1, 0.15) is 5.69 Å². The van der Waals surface area contributed by atoms with Gasteiger partial charge in [-0.3, -0.25) is 9.78 Å². The van der Waals surface area contributed by atoms with E-state index in [1.54, 1.807) is 6.20 Å². The second kappa shape index (κ2) is 6.71. The lowest BCUT2D eigenvalue weighted by Gasteiger charge is -2.18. The quantitative estimate of drug-likeness (QED) is 0.785. The van der Waals surface area contributed by atoms with E-state index in [4.69, 9.17) is 0 Å². The van der Waals surface area contributed by atoms with E-state index < -0.39 is 0 Å². The summed E-state index contributed by atoms with van der Waals surface area (Å²) < 4.78 is 0. The number of nitrogens with one attached hydrogen (secondary N) is 1. The number of rotatable bonds is 3. The molecule has 0 atom stereocenters. The molecule has 0 radical (unpaired) electrons. The van der Waals surface area contributed by atoms with Gasteiger partial charge in [-0.15, -0.1) is 0 Å². The minimum absolute atomic E-state index is 0.245. The molecule has 132 valence electrons. The standard InChI is InChI=1S/C20H21N5O/c1-13-17(14(2)23-20(22-13)25-11-5-6-12-25)24-19(26)18-16-8-4-3-7-15(16)9-10-21-18/h3-4,7-10H,5-6,11-12H2,1-2H3,(H,24,26). The summed E-state index contributed by atoms with van der Waals surface area (Å²) >= 11 is 0. The maximum absolute atomic E-state index is 12.8. The molecule has 1 fully saturated rings. The zero-order valence-electron chi connectivity index (χ0n) is 15.0. The third-order valence-electron chi connectivity index (χ3n) is 4.78. The Hall–Kier alpha value is -3.02. The van der Waals surface area contributed by atoms with Crippen LogP contribution in [0.4, 0.5) is 11.6 Å². The number of carbonyl (C=O) groups is 1. The second-order valence-corrected chi connectivity index (χ2v) is 6.60. The number of hydrogen-bond acceptors (Lipinski definition) is 5. The smallest absolute Gasteiger partial charge is 0.274 e. The fourth-order valence-corrected chi connectivity index (χ4v) is 3.41. The minimum Gasteiger partial charge on any atom is -0.341 e. The number of nitrogens with zero attached hydrogens (tertiary/aromatic N) is 4. The van der Waals surface area contributed by atoms with E-state index in [1.807, 2.05) is 44.2 Å². The number of benzene rings is 1. The summed E-state index contributed by atoms with van der Waals surface area (Å²) in [7, 11) is 0. The molecule has 26 heavy (non-hydrogen) atoms. The molecule has 0 aliphatic carbocycles. The first-order chi connectivity index (χ1) is 12.6. The number of carbonyl (C=O) groups excluding carboxylic acids is 1. The van der Waals surface area contributed by atoms with Crippen molar-refractivity contribution in [3.05, 3.63) is 53.6 Å². The Bertz CT molecular complexity index is 951. The highest BCUT2D eigenvalue weighted by Crippen LogP contribution is 2.24. The van der Waals surface area contributed by atoms with Crippen LogP contribution in [0.2, 0.25) is 0 Å². The maximum atomic E-state index is 12.8. The van der Waals surface area contributed by atoms with Crippen molar-refractivity contribution in [2.24, 2.45) is 0 Å². The molecular weight excluding hydrogens is 326 g/mol. The van der Waals surface area contributed by atoms with Gasteiger partial charge in [-0.1, -0.05) is 24.3 Å². The highest BCUT2D eigenvalue weighted by Gasteiger charge is 2.19. The van der Waals surface area contributed by atoms with Gasteiger partial charge in [0.25, 0.3) is 5.91 Å². The van der Waals surface area contributed by atoms with Crippen LogP contribution in [-0.4, -0.2) is 33.9 Å². The highest BCUT2D eigenvalue weighted by molar-refractivity contribution is 6.11. The fourth-order valence-electron chi connectivity index (χ4n) is 3.41. The highest BCUT2D eigenvalue weighted by atomic mass is 16.1. The van der Waals surface area contributed by atoms with Crippen LogP contribution in [0.5, 0.6) is 0 Å². The summed E-state index contributed by atoms with van der Waals surface area (Å²) in [6, 6.07) is 9.63. The lowest BCUT2D eigenvalue weighted by molar-refractivity contribution is 0.102. The molecule has 3 aromatic rings. The first-order valence-electron chi connectivity index (χ1n) is 8.89. The van der Waals surface area contributed by atoms with Gasteiger partial charge in [0.2, 0.25) is 5.95 Å². The van der Waals surface area contributed by atoms with Gasteiger partial charge in [0.05, 0.1) is 17.1 Å². The topological polar surface area (TPSA) is 71.0 Å². The normalized spacial score (nSPS) is 14.0. The molecule has 6 nitrogen and oxygen atoms in total. The number of hydrogen-bond donors (Lipinski definition) is 1. The average Bonchev–Trinajstić information content (AvgIpc) is 3.18. The largest absolute Gasteiger partial charge is 0.341 e. The van der Waals surface area contributed by atoms with E-state index in [9.17, 15) is 4.79 Å². The summed E-state index contributed by atoms with van der Waals surface area (Å²) in [5, 5.41) is 4.78. The van der Waals surface area contributed by atoms with Gasteiger partial charge in [-0.25, -0.2) is 9.97 Å². The Balaban J connectivity index is 1.65. The first-order valence-corrected chi connectivity index (χ1v) is 8.89. The lowest BCUT2D eigenvalue weighted by atomic mass is 10.1. The zero-order valence-corrected chi connectivity index (χ0v) is 15.0. The first kappa shape index (κ1) is 16.4. The Morgan fingerprint density at radius 1 is 1.04 bits per heavy atom. The molecule has 1 aliphatic heterocycles. The van der Waals surface area contributed by atoms with Crippen LogP contribution in [0.25, 0.3) is 10.8 Å². The number of amides is 1. The van der Waals surface area contributed by atoms with E-state index in [2.05, 4.69) is 25.2 Å². The molecule has 1 aromatic carbocycles. The van der Waals surface area contributed by atoms with Gasteiger partial charge in [0.15, 0.2) is 0 Å². The van der Waals surface area contributed by atoms with Crippen molar-refractivity contribution in [1.29, 1.82) is 0 Å². The molecule has 3 heterocycles. The molecule has 6 heteroatoms. The van der Waals surface area contributed by atoms with E-state index in [-0.39, 0.29) is 5.91 Å². The van der Waals surface area contributed by atoms with Crippen LogP contribution in [0.3, 0.4) is 0 Å². The Labute approximate surface area is 152 Å². The van der Waals surface area contributed by atoms with Crippen LogP contribution in [0.1, 0.15) is 34.7 Å². The van der Waals surface area contributed by atoms with Gasteiger partial charge < -0.3 is 10.2 Å². The summed E-state index contributed by atoms with van der Waals surface area (Å²) in [4.78, 5) is 28.5. The molecule has 1 amide bonds. The molecule has 1 N–H and O–H groups in total. The van der Waals surface area contributed by atoms with Crippen molar-refractivity contribution in [2.75, 3.05) is 23.3 Å². The Morgan fingerprint density at radius 3 is 2.46 bits per heavy atom. The Morgan fingerprint density at radius 2 is 1.73 bits per heavy atom. The maximum Gasteiger partial charge on any atom is 0.274 e. The van der Waals surface area contributed by atoms with Crippen molar-refractivity contribution >= 4 is 28.3 Å². The summed E-state index contributed by atoms with van der Waals surface area (Å²) in [6.45, 7) is 5.79. The number of fused-ring (bicyclic) bond motifs is 1. The van der Waals surface area contributed by atoms with E-state index >= 15 is 0 Å². The predicted octanol–water partition coefficient (Wildman–Crippen LogP) is 3.49. The van der Waals surface area contributed by atoms with Crippen molar-refractivity contribution < 1.29 is 4.79 Å². The number of pyridine rings is 1. The van der Waals surface area contributed by atoms with Crippen LogP contribution >= 0.6 is 0 Å². The molecule has 0 bridgehead atoms. The molecule has 2 aromatic heterocycles. The van der Waals surface area contributed by atoms with Crippen LogP contribution < -0.4 is 10.2 Å². The summed E-state index contributed by atoms with van der Waals surface area (Å²) in [5.74, 6) is 0.504. The molecular formula is C20H21N5O. The van der Waals surface area contributed by atoms with Crippen molar-refractivity contribution in [3.63, 3.8) is 0 Å². The van der Waals surface area contributed by atoms with Gasteiger partial charge in [0, 0.05) is 24.7 Å². The zero-order chi connectivity index (χ0) is 18.1. The summed E-state index contributed by atoms with van der Waals surface area (Å²) in [6.07, 6.45) is 4.00. The van der Waals surface area contributed by atoms with Gasteiger partial charge in [-0.2, -0.15) is 0 Å². The van der Waals surface area contributed by atoms with Crippen molar-refractivity contribution in [3.8, 4) is 0 Å². The van der Waals surface area contributed by atoms with E-state index in [0.717, 1.165) is 41.2 Å². The van der Waals surface area contributed by atoms with E-state index in [1.165, 1.54) is 12.8 Å². The molecule has 1 saturated heterocycles. The van der Waals surface area contributed by atoms with Crippen LogP contribution in [0, 0.1) is 13.8 Å². The fraction of sp³-hybridized carbons (Fsp3) is 0.300. The van der Waals surface area contributed by atoms with E-state index in [0.29, 0.717) is 11.4 Å². The molecule has 4 rings (SSSR count). The minimum atomic E-state index is -0.245. The molecule has 0 spiro atoms. The van der Waals surface area contributed by atoms with Gasteiger partial charge in [-0.05, 0) is 38.1 Å². The summed E-state index contributed by atoms with van der Waals surface area (Å²) in [5.41, 5.74) is 2.61. The number of aromatic nitrogens is 3. The van der Waals surface area contributed by atoms with Crippen LogP contribution in [0.15, 0.2) is 36.5 Å². The molecule has 0 saturated carbocycles. The monoisotopic (exact) mass is 347 g/mol.